The van der Waals surface area contributed by atoms with E-state index >= 15 is 0 Å². The summed E-state index contributed by atoms with van der Waals surface area (Å²) in [5.41, 5.74) is 0. The van der Waals surface area contributed by atoms with E-state index in [1.807, 2.05) is 6.07 Å². The number of aromatic nitrogens is 2. The zero-order valence-electron chi connectivity index (χ0n) is 11.7. The number of piperidine rings is 1. The van der Waals surface area contributed by atoms with Crippen LogP contribution in [0.2, 0.25) is 5.15 Å². The molecule has 0 aromatic carbocycles. The number of hydrogen-bond donors (Lipinski definition) is 0. The van der Waals surface area contributed by atoms with Gasteiger partial charge in [-0.1, -0.05) is 32.4 Å². The Balaban J connectivity index is 2.32. The van der Waals surface area contributed by atoms with Gasteiger partial charge in [0.1, 0.15) is 16.8 Å². The summed E-state index contributed by atoms with van der Waals surface area (Å²) in [5, 5.41) is 0.550. The van der Waals surface area contributed by atoms with Gasteiger partial charge in [-0.3, -0.25) is 0 Å². The quantitative estimate of drug-likeness (QED) is 0.762. The molecule has 3 nitrogen and oxygen atoms in total. The number of rotatable bonds is 2. The molecule has 2 unspecified atom stereocenters. The Morgan fingerprint density at radius 3 is 2.72 bits per heavy atom. The van der Waals surface area contributed by atoms with E-state index in [1.165, 1.54) is 12.8 Å². The lowest BCUT2D eigenvalue weighted by Gasteiger charge is -2.39. The van der Waals surface area contributed by atoms with Gasteiger partial charge in [0.2, 0.25) is 0 Å². The summed E-state index contributed by atoms with van der Waals surface area (Å²) in [7, 11) is 0. The van der Waals surface area contributed by atoms with Crippen LogP contribution in [0.5, 0.6) is 0 Å². The van der Waals surface area contributed by atoms with Crippen LogP contribution in [0.4, 0.5) is 5.82 Å². The predicted molar refractivity (Wildman–Crippen MR) is 76.3 cm³/mol. The van der Waals surface area contributed by atoms with E-state index in [4.69, 9.17) is 11.6 Å². The molecule has 4 heteroatoms. The largest absolute Gasteiger partial charge is 0.353 e. The van der Waals surface area contributed by atoms with E-state index in [1.54, 1.807) is 0 Å². The minimum absolute atomic E-state index is 0.306. The van der Waals surface area contributed by atoms with Crippen LogP contribution >= 0.6 is 11.6 Å². The third kappa shape index (κ3) is 2.77. The van der Waals surface area contributed by atoms with Crippen LogP contribution in [0.3, 0.4) is 0 Å². The third-order valence-electron chi connectivity index (χ3n) is 3.88. The number of hydrogen-bond acceptors (Lipinski definition) is 3. The van der Waals surface area contributed by atoms with Crippen molar-refractivity contribution in [1.29, 1.82) is 0 Å². The van der Waals surface area contributed by atoms with E-state index in [0.717, 1.165) is 18.2 Å². The smallest absolute Gasteiger partial charge is 0.135 e. The topological polar surface area (TPSA) is 29.0 Å². The highest BCUT2D eigenvalue weighted by Gasteiger charge is 2.26. The average Bonchev–Trinajstić information content (AvgIpc) is 2.31. The summed E-state index contributed by atoms with van der Waals surface area (Å²) >= 11 is 6.12. The molecular formula is C14H22ClN3. The first-order chi connectivity index (χ1) is 8.49. The molecule has 1 aliphatic heterocycles. The fraction of sp³-hybridized carbons (Fsp3) is 0.714. The highest BCUT2D eigenvalue weighted by Crippen LogP contribution is 2.29. The maximum atomic E-state index is 6.12. The van der Waals surface area contributed by atoms with Crippen LogP contribution in [0, 0.1) is 5.92 Å². The normalized spacial score (nSPS) is 24.7. The molecule has 2 rings (SSSR count). The molecule has 0 bridgehead atoms. The molecule has 0 N–H and O–H groups in total. The molecule has 18 heavy (non-hydrogen) atoms. The summed E-state index contributed by atoms with van der Waals surface area (Å²) in [6.45, 7) is 9.84. The maximum absolute atomic E-state index is 6.12. The van der Waals surface area contributed by atoms with Gasteiger partial charge in [0.15, 0.2) is 0 Å². The molecule has 1 aliphatic rings. The maximum Gasteiger partial charge on any atom is 0.135 e. The van der Waals surface area contributed by atoms with Crippen molar-refractivity contribution in [2.24, 2.45) is 5.92 Å². The monoisotopic (exact) mass is 267 g/mol. The summed E-state index contributed by atoms with van der Waals surface area (Å²) in [5.74, 6) is 2.83. The van der Waals surface area contributed by atoms with Crippen molar-refractivity contribution in [2.75, 3.05) is 11.4 Å². The minimum Gasteiger partial charge on any atom is -0.353 e. The van der Waals surface area contributed by atoms with Crippen molar-refractivity contribution in [3.63, 3.8) is 0 Å². The molecular weight excluding hydrogens is 246 g/mol. The molecule has 1 aromatic heterocycles. The van der Waals surface area contributed by atoms with Crippen LogP contribution in [0.1, 0.15) is 52.3 Å². The third-order valence-corrected chi connectivity index (χ3v) is 4.08. The van der Waals surface area contributed by atoms with Gasteiger partial charge >= 0.3 is 0 Å². The van der Waals surface area contributed by atoms with Crippen LogP contribution < -0.4 is 4.90 Å². The minimum atomic E-state index is 0.306. The summed E-state index contributed by atoms with van der Waals surface area (Å²) in [6.07, 6.45) is 2.53. The van der Waals surface area contributed by atoms with E-state index in [9.17, 15) is 0 Å². The second-order valence-electron chi connectivity index (χ2n) is 5.62. The first-order valence-electron chi connectivity index (χ1n) is 6.80. The summed E-state index contributed by atoms with van der Waals surface area (Å²) in [4.78, 5) is 11.3. The second kappa shape index (κ2) is 5.43. The molecule has 0 spiro atoms. The van der Waals surface area contributed by atoms with Gasteiger partial charge in [0.05, 0.1) is 0 Å². The standard InChI is InChI=1S/C14H22ClN3/c1-9(2)14-16-12(15)8-13(17-14)18-7-5-6-10(3)11(18)4/h8-11H,5-7H2,1-4H3. The number of halogens is 1. The molecule has 0 amide bonds. The van der Waals surface area contributed by atoms with Crippen molar-refractivity contribution >= 4 is 17.4 Å². The Kier molecular flexibility index (Phi) is 4.10. The van der Waals surface area contributed by atoms with E-state index < -0.39 is 0 Å². The fourth-order valence-electron chi connectivity index (χ4n) is 2.49. The zero-order chi connectivity index (χ0) is 13.3. The van der Waals surface area contributed by atoms with Gasteiger partial charge in [-0.05, 0) is 25.7 Å². The molecule has 2 heterocycles. The summed E-state index contributed by atoms with van der Waals surface area (Å²) < 4.78 is 0. The van der Waals surface area contributed by atoms with Crippen molar-refractivity contribution < 1.29 is 0 Å². The molecule has 0 aliphatic carbocycles. The van der Waals surface area contributed by atoms with Gasteiger partial charge in [0, 0.05) is 24.6 Å². The van der Waals surface area contributed by atoms with E-state index in [2.05, 4.69) is 42.6 Å². The van der Waals surface area contributed by atoms with Gasteiger partial charge < -0.3 is 4.90 Å². The van der Waals surface area contributed by atoms with E-state index in [0.29, 0.717) is 23.0 Å². The van der Waals surface area contributed by atoms with Crippen LogP contribution in [0.15, 0.2) is 6.07 Å². The Labute approximate surface area is 115 Å². The second-order valence-corrected chi connectivity index (χ2v) is 6.00. The number of nitrogens with zero attached hydrogens (tertiary/aromatic N) is 3. The summed E-state index contributed by atoms with van der Waals surface area (Å²) in [6, 6.07) is 2.41. The van der Waals surface area contributed by atoms with Gasteiger partial charge in [0.25, 0.3) is 0 Å². The predicted octanol–water partition coefficient (Wildman–Crippen LogP) is 3.88. The van der Waals surface area contributed by atoms with E-state index in [-0.39, 0.29) is 0 Å². The van der Waals surface area contributed by atoms with Crippen LogP contribution in [-0.2, 0) is 0 Å². The van der Waals surface area contributed by atoms with Crippen molar-refractivity contribution in [2.45, 2.75) is 52.5 Å². The first-order valence-corrected chi connectivity index (χ1v) is 7.18. The molecule has 100 valence electrons. The molecule has 1 fully saturated rings. The van der Waals surface area contributed by atoms with Crippen LogP contribution in [0.25, 0.3) is 0 Å². The Morgan fingerprint density at radius 1 is 1.33 bits per heavy atom. The molecule has 1 aromatic rings. The first kappa shape index (κ1) is 13.6. The van der Waals surface area contributed by atoms with Crippen LogP contribution in [-0.4, -0.2) is 22.6 Å². The molecule has 1 saturated heterocycles. The molecule has 0 radical (unpaired) electrons. The Hall–Kier alpha value is -0.830. The lowest BCUT2D eigenvalue weighted by Crippen LogP contribution is -2.43. The lowest BCUT2D eigenvalue weighted by molar-refractivity contribution is 0.361. The van der Waals surface area contributed by atoms with Gasteiger partial charge in [-0.2, -0.15) is 0 Å². The van der Waals surface area contributed by atoms with Crippen molar-refractivity contribution in [3.05, 3.63) is 17.0 Å². The van der Waals surface area contributed by atoms with Crippen molar-refractivity contribution in [1.82, 2.24) is 9.97 Å². The van der Waals surface area contributed by atoms with Gasteiger partial charge in [-0.15, -0.1) is 0 Å². The zero-order valence-corrected chi connectivity index (χ0v) is 12.4. The number of anilines is 1. The molecule has 0 saturated carbocycles. The fourth-order valence-corrected chi connectivity index (χ4v) is 2.67. The highest BCUT2D eigenvalue weighted by molar-refractivity contribution is 6.29. The Morgan fingerprint density at radius 2 is 2.06 bits per heavy atom. The highest BCUT2D eigenvalue weighted by atomic mass is 35.5. The lowest BCUT2D eigenvalue weighted by atomic mass is 9.92. The molecule has 2 atom stereocenters. The van der Waals surface area contributed by atoms with Gasteiger partial charge in [-0.25, -0.2) is 9.97 Å². The Bertz CT molecular complexity index is 420. The SMILES string of the molecule is CC(C)c1nc(Cl)cc(N2CCCC(C)C2C)n1. The average molecular weight is 268 g/mol. The van der Waals surface area contributed by atoms with Crippen molar-refractivity contribution in [3.8, 4) is 0 Å².